The Morgan fingerprint density at radius 3 is 2.11 bits per heavy atom. The van der Waals surface area contributed by atoms with Crippen LogP contribution in [0.4, 0.5) is 10.5 Å². The van der Waals surface area contributed by atoms with Gasteiger partial charge in [-0.15, -0.1) is 0 Å². The number of imidazole rings is 1. The number of benzene rings is 3. The first-order valence-corrected chi connectivity index (χ1v) is 14.1. The van der Waals surface area contributed by atoms with Gasteiger partial charge in [-0.25, -0.2) is 9.78 Å². The minimum absolute atomic E-state index is 0.212. The van der Waals surface area contributed by atoms with E-state index in [2.05, 4.69) is 50.2 Å². The lowest BCUT2D eigenvalue weighted by molar-refractivity contribution is 0.252. The van der Waals surface area contributed by atoms with E-state index in [0.717, 1.165) is 68.0 Å². The highest BCUT2D eigenvalue weighted by Crippen LogP contribution is 2.37. The number of nitrogens with one attached hydrogen (secondary N) is 2. The molecule has 0 aliphatic heterocycles. The second kappa shape index (κ2) is 13.4. The lowest BCUT2D eigenvalue weighted by Gasteiger charge is -2.12. The molecule has 0 saturated carbocycles. The highest BCUT2D eigenvalue weighted by molar-refractivity contribution is 9.10. The Kier molecular flexibility index (Phi) is 9.73. The standard InChI is InChI=1S/C29H31BrN4O3S/c1-4-34-27(21-8-16-25(37-3)17-9-21)26(20-6-14-24(36-2)15-7-20)33-29(34)38-19-5-18-31-28(35)32-23-12-10-22(30)11-13-23/h6-17H,4-5,18-19H2,1-3H3,(H2,31,32,35). The second-order valence-electron chi connectivity index (χ2n) is 8.38. The first-order chi connectivity index (χ1) is 18.5. The fraction of sp³-hybridized carbons (Fsp3) is 0.241. The maximum atomic E-state index is 12.2. The lowest BCUT2D eigenvalue weighted by Crippen LogP contribution is -2.29. The summed E-state index contributed by atoms with van der Waals surface area (Å²) in [4.78, 5) is 17.3. The van der Waals surface area contributed by atoms with E-state index in [-0.39, 0.29) is 6.03 Å². The van der Waals surface area contributed by atoms with Crippen molar-refractivity contribution < 1.29 is 14.3 Å². The number of aromatic nitrogens is 2. The van der Waals surface area contributed by atoms with E-state index in [9.17, 15) is 4.79 Å². The van der Waals surface area contributed by atoms with E-state index >= 15 is 0 Å². The maximum Gasteiger partial charge on any atom is 0.319 e. The Bertz CT molecular complexity index is 1340. The summed E-state index contributed by atoms with van der Waals surface area (Å²) in [6, 6.07) is 23.3. The first kappa shape index (κ1) is 27.6. The SMILES string of the molecule is CCn1c(SCCCNC(=O)Nc2ccc(Br)cc2)nc(-c2ccc(OC)cc2)c1-c1ccc(OC)cc1. The largest absolute Gasteiger partial charge is 0.497 e. The van der Waals surface area contributed by atoms with Crippen LogP contribution in [0.15, 0.2) is 82.4 Å². The Hall–Kier alpha value is -3.43. The molecule has 2 N–H and O–H groups in total. The summed E-state index contributed by atoms with van der Waals surface area (Å²) in [7, 11) is 3.33. The minimum atomic E-state index is -0.212. The van der Waals surface area contributed by atoms with Gasteiger partial charge in [0.15, 0.2) is 5.16 Å². The zero-order chi connectivity index (χ0) is 26.9. The molecule has 4 rings (SSSR count). The Morgan fingerprint density at radius 2 is 1.53 bits per heavy atom. The van der Waals surface area contributed by atoms with Gasteiger partial charge in [0, 0.05) is 40.1 Å². The number of thioether (sulfide) groups is 1. The molecule has 1 aromatic heterocycles. The van der Waals surface area contributed by atoms with Gasteiger partial charge in [-0.05, 0) is 86.1 Å². The van der Waals surface area contributed by atoms with E-state index < -0.39 is 0 Å². The molecule has 38 heavy (non-hydrogen) atoms. The van der Waals surface area contributed by atoms with Crippen molar-refractivity contribution in [1.82, 2.24) is 14.9 Å². The van der Waals surface area contributed by atoms with Crippen molar-refractivity contribution in [1.29, 1.82) is 0 Å². The number of hydrogen-bond donors (Lipinski definition) is 2. The summed E-state index contributed by atoms with van der Waals surface area (Å²) in [6.07, 6.45) is 0.810. The molecule has 0 bridgehead atoms. The first-order valence-electron chi connectivity index (χ1n) is 12.3. The van der Waals surface area contributed by atoms with Gasteiger partial charge in [0.25, 0.3) is 0 Å². The van der Waals surface area contributed by atoms with Gasteiger partial charge >= 0.3 is 6.03 Å². The molecule has 198 valence electrons. The van der Waals surface area contributed by atoms with Crippen LogP contribution in [0.2, 0.25) is 0 Å². The van der Waals surface area contributed by atoms with Crippen molar-refractivity contribution in [2.24, 2.45) is 0 Å². The van der Waals surface area contributed by atoms with Gasteiger partial charge in [-0.3, -0.25) is 0 Å². The fourth-order valence-electron chi connectivity index (χ4n) is 3.97. The summed E-state index contributed by atoms with van der Waals surface area (Å²) in [5.41, 5.74) is 4.84. The van der Waals surface area contributed by atoms with Gasteiger partial charge < -0.3 is 24.7 Å². The van der Waals surface area contributed by atoms with Crippen molar-refractivity contribution in [3.63, 3.8) is 0 Å². The number of carbonyl (C=O) groups is 1. The normalized spacial score (nSPS) is 10.7. The summed E-state index contributed by atoms with van der Waals surface area (Å²) < 4.78 is 13.9. The zero-order valence-corrected chi connectivity index (χ0v) is 24.1. The zero-order valence-electron chi connectivity index (χ0n) is 21.7. The van der Waals surface area contributed by atoms with Crippen LogP contribution in [0.25, 0.3) is 22.5 Å². The maximum absolute atomic E-state index is 12.2. The van der Waals surface area contributed by atoms with Gasteiger partial charge in [-0.1, -0.05) is 27.7 Å². The number of urea groups is 1. The van der Waals surface area contributed by atoms with E-state index in [1.807, 2.05) is 60.7 Å². The third-order valence-corrected chi connectivity index (χ3v) is 7.51. The molecule has 2 amide bonds. The number of carbonyl (C=O) groups excluding carboxylic acids is 1. The van der Waals surface area contributed by atoms with E-state index in [1.54, 1.807) is 26.0 Å². The van der Waals surface area contributed by atoms with E-state index in [1.165, 1.54) is 0 Å². The topological polar surface area (TPSA) is 77.4 Å². The average Bonchev–Trinajstić information content (AvgIpc) is 3.32. The van der Waals surface area contributed by atoms with Gasteiger partial charge in [0.1, 0.15) is 11.5 Å². The Morgan fingerprint density at radius 1 is 0.921 bits per heavy atom. The lowest BCUT2D eigenvalue weighted by atomic mass is 10.0. The third-order valence-electron chi connectivity index (χ3n) is 5.92. The van der Waals surface area contributed by atoms with Crippen molar-refractivity contribution >= 4 is 39.4 Å². The highest BCUT2D eigenvalue weighted by atomic mass is 79.9. The number of nitrogens with zero attached hydrogens (tertiary/aromatic N) is 2. The number of ether oxygens (including phenoxy) is 2. The molecule has 0 aliphatic rings. The van der Waals surface area contributed by atoms with Crippen LogP contribution < -0.4 is 20.1 Å². The number of hydrogen-bond acceptors (Lipinski definition) is 5. The van der Waals surface area contributed by atoms with Crippen LogP contribution in [0.1, 0.15) is 13.3 Å². The van der Waals surface area contributed by atoms with Crippen LogP contribution in [0, 0.1) is 0 Å². The summed E-state index contributed by atoms with van der Waals surface area (Å²) in [5, 5.41) is 6.72. The molecule has 1 heterocycles. The van der Waals surface area contributed by atoms with Crippen molar-refractivity contribution in [2.75, 3.05) is 31.8 Å². The van der Waals surface area contributed by atoms with E-state index in [0.29, 0.717) is 6.54 Å². The van der Waals surface area contributed by atoms with Crippen molar-refractivity contribution in [3.05, 3.63) is 77.3 Å². The van der Waals surface area contributed by atoms with Gasteiger partial charge in [-0.2, -0.15) is 0 Å². The highest BCUT2D eigenvalue weighted by Gasteiger charge is 2.20. The predicted octanol–water partition coefficient (Wildman–Crippen LogP) is 7.32. The predicted molar refractivity (Wildman–Crippen MR) is 158 cm³/mol. The van der Waals surface area contributed by atoms with Crippen LogP contribution in [-0.2, 0) is 6.54 Å². The van der Waals surface area contributed by atoms with Gasteiger partial charge in [0.05, 0.1) is 25.6 Å². The summed E-state index contributed by atoms with van der Waals surface area (Å²) in [5.74, 6) is 2.44. The number of amides is 2. The smallest absolute Gasteiger partial charge is 0.319 e. The van der Waals surface area contributed by atoms with Crippen LogP contribution in [0.3, 0.4) is 0 Å². The van der Waals surface area contributed by atoms with Crippen molar-refractivity contribution in [3.8, 4) is 34.0 Å². The fourth-order valence-corrected chi connectivity index (χ4v) is 5.24. The number of methoxy groups -OCH3 is 2. The molecular formula is C29H31BrN4O3S. The van der Waals surface area contributed by atoms with Gasteiger partial charge in [0.2, 0.25) is 0 Å². The molecule has 3 aromatic carbocycles. The van der Waals surface area contributed by atoms with E-state index in [4.69, 9.17) is 14.5 Å². The molecule has 0 spiro atoms. The van der Waals surface area contributed by atoms with Crippen LogP contribution in [-0.4, -0.2) is 42.1 Å². The second-order valence-corrected chi connectivity index (χ2v) is 10.4. The minimum Gasteiger partial charge on any atom is -0.497 e. The molecule has 0 saturated heterocycles. The summed E-state index contributed by atoms with van der Waals surface area (Å²) >= 11 is 5.09. The van der Waals surface area contributed by atoms with Crippen LogP contribution >= 0.6 is 27.7 Å². The molecule has 4 aromatic rings. The Balaban J connectivity index is 1.46. The molecule has 9 heteroatoms. The molecule has 7 nitrogen and oxygen atoms in total. The molecule has 0 radical (unpaired) electrons. The monoisotopic (exact) mass is 594 g/mol. The number of rotatable bonds is 11. The molecule has 0 fully saturated rings. The molecule has 0 atom stereocenters. The molecular weight excluding hydrogens is 564 g/mol. The van der Waals surface area contributed by atoms with Crippen LogP contribution in [0.5, 0.6) is 11.5 Å². The molecule has 0 aliphatic carbocycles. The number of anilines is 1. The summed E-state index contributed by atoms with van der Waals surface area (Å²) in [6.45, 7) is 3.48. The Labute approximate surface area is 236 Å². The average molecular weight is 596 g/mol. The third kappa shape index (κ3) is 6.90. The van der Waals surface area contributed by atoms with Crippen molar-refractivity contribution in [2.45, 2.75) is 25.0 Å². The number of halogens is 1. The molecule has 0 unspecified atom stereocenters. The quantitative estimate of drug-likeness (QED) is 0.140.